The number of piperidine rings is 1. The number of carbonyl (C=O) groups is 1. The number of hydrogen-bond acceptors (Lipinski definition) is 3. The highest BCUT2D eigenvalue weighted by Gasteiger charge is 2.30. The molecule has 1 fully saturated rings. The average Bonchev–Trinajstić information content (AvgIpc) is 2.24. The van der Waals surface area contributed by atoms with Crippen LogP contribution in [0.3, 0.4) is 0 Å². The van der Waals surface area contributed by atoms with Crippen molar-refractivity contribution in [1.29, 1.82) is 0 Å². The predicted molar refractivity (Wildman–Crippen MR) is 66.1 cm³/mol. The van der Waals surface area contributed by atoms with Crippen LogP contribution in [0.2, 0.25) is 0 Å². The Kier molecular flexibility index (Phi) is 4.74. The van der Waals surface area contributed by atoms with Gasteiger partial charge in [-0.15, -0.1) is 0 Å². The molecule has 0 radical (unpaired) electrons. The van der Waals surface area contributed by atoms with Gasteiger partial charge in [0.15, 0.2) is 0 Å². The minimum atomic E-state index is 0.0822. The van der Waals surface area contributed by atoms with Gasteiger partial charge < -0.3 is 11.1 Å². The van der Waals surface area contributed by atoms with Crippen LogP contribution in [0.25, 0.3) is 0 Å². The van der Waals surface area contributed by atoms with E-state index in [0.29, 0.717) is 18.4 Å². The molecule has 0 bridgehead atoms. The lowest BCUT2D eigenvalue weighted by atomic mass is 9.83. The summed E-state index contributed by atoms with van der Waals surface area (Å²) in [5.74, 6) is 0.0822. The van der Waals surface area contributed by atoms with Crippen LogP contribution in [0.15, 0.2) is 0 Å². The maximum Gasteiger partial charge on any atom is 0.221 e. The van der Waals surface area contributed by atoms with Crippen LogP contribution in [0.1, 0.15) is 33.1 Å². The zero-order chi connectivity index (χ0) is 12.2. The van der Waals surface area contributed by atoms with Gasteiger partial charge in [0.1, 0.15) is 0 Å². The molecule has 1 saturated heterocycles. The quantitative estimate of drug-likeness (QED) is 0.738. The van der Waals surface area contributed by atoms with Gasteiger partial charge in [-0.1, -0.05) is 13.8 Å². The van der Waals surface area contributed by atoms with Gasteiger partial charge in [0.2, 0.25) is 5.91 Å². The average molecular weight is 227 g/mol. The number of likely N-dealkylation sites (tertiary alicyclic amines) is 1. The minimum Gasteiger partial charge on any atom is -0.359 e. The second kappa shape index (κ2) is 5.64. The van der Waals surface area contributed by atoms with Crippen molar-refractivity contribution in [2.45, 2.75) is 39.2 Å². The molecule has 1 rings (SSSR count). The van der Waals surface area contributed by atoms with Gasteiger partial charge in [-0.3, -0.25) is 9.69 Å². The molecule has 0 aromatic carbocycles. The van der Waals surface area contributed by atoms with Crippen molar-refractivity contribution in [1.82, 2.24) is 10.2 Å². The third-order valence-corrected chi connectivity index (χ3v) is 3.42. The van der Waals surface area contributed by atoms with E-state index in [4.69, 9.17) is 5.73 Å². The molecule has 0 aromatic heterocycles. The van der Waals surface area contributed by atoms with E-state index in [0.717, 1.165) is 13.1 Å². The van der Waals surface area contributed by atoms with Crippen LogP contribution in [0, 0.1) is 5.41 Å². The van der Waals surface area contributed by atoms with E-state index < -0.39 is 0 Å². The molecule has 1 heterocycles. The summed E-state index contributed by atoms with van der Waals surface area (Å²) in [5, 5.41) is 2.67. The SMILES string of the molecule is CNC(=O)CC(CN)N1CCCC(C)(C)C1. The summed E-state index contributed by atoms with van der Waals surface area (Å²) in [6.45, 7) is 7.25. The first-order valence-corrected chi connectivity index (χ1v) is 6.13. The maximum atomic E-state index is 11.4. The van der Waals surface area contributed by atoms with Gasteiger partial charge in [-0.2, -0.15) is 0 Å². The Balaban J connectivity index is 2.55. The third kappa shape index (κ3) is 3.76. The van der Waals surface area contributed by atoms with Crippen LogP contribution in [0.4, 0.5) is 0 Å². The highest BCUT2D eigenvalue weighted by Crippen LogP contribution is 2.29. The highest BCUT2D eigenvalue weighted by atomic mass is 16.1. The lowest BCUT2D eigenvalue weighted by Crippen LogP contribution is -2.50. The molecule has 0 aromatic rings. The molecule has 4 nitrogen and oxygen atoms in total. The number of nitrogens with one attached hydrogen (secondary N) is 1. The van der Waals surface area contributed by atoms with Crippen molar-refractivity contribution in [2.75, 3.05) is 26.7 Å². The summed E-state index contributed by atoms with van der Waals surface area (Å²) in [4.78, 5) is 13.8. The standard InChI is InChI=1S/C12H25N3O/c1-12(2)5-4-6-15(9-12)10(8-13)7-11(16)14-3/h10H,4-9,13H2,1-3H3,(H,14,16). The fourth-order valence-electron chi connectivity index (χ4n) is 2.46. The number of carbonyl (C=O) groups excluding carboxylic acids is 1. The second-order valence-electron chi connectivity index (χ2n) is 5.51. The van der Waals surface area contributed by atoms with E-state index in [1.165, 1.54) is 12.8 Å². The molecule has 1 atom stereocenters. The summed E-state index contributed by atoms with van der Waals surface area (Å²) < 4.78 is 0. The topological polar surface area (TPSA) is 58.4 Å². The van der Waals surface area contributed by atoms with E-state index in [2.05, 4.69) is 24.1 Å². The highest BCUT2D eigenvalue weighted by molar-refractivity contribution is 5.76. The monoisotopic (exact) mass is 227 g/mol. The Morgan fingerprint density at radius 1 is 1.56 bits per heavy atom. The maximum absolute atomic E-state index is 11.4. The molecule has 1 aliphatic rings. The lowest BCUT2D eigenvalue weighted by Gasteiger charge is -2.41. The second-order valence-corrected chi connectivity index (χ2v) is 5.51. The van der Waals surface area contributed by atoms with Gasteiger partial charge >= 0.3 is 0 Å². The minimum absolute atomic E-state index is 0.0822. The fraction of sp³-hybridized carbons (Fsp3) is 0.917. The predicted octanol–water partition coefficient (Wildman–Crippen LogP) is 0.572. The largest absolute Gasteiger partial charge is 0.359 e. The normalized spacial score (nSPS) is 22.8. The van der Waals surface area contributed by atoms with E-state index in [1.54, 1.807) is 7.05 Å². The summed E-state index contributed by atoms with van der Waals surface area (Å²) >= 11 is 0. The number of hydrogen-bond donors (Lipinski definition) is 2. The molecule has 1 aliphatic heterocycles. The van der Waals surface area contributed by atoms with Crippen LogP contribution in [-0.4, -0.2) is 43.5 Å². The van der Waals surface area contributed by atoms with Crippen molar-refractivity contribution < 1.29 is 4.79 Å². The summed E-state index contributed by atoms with van der Waals surface area (Å²) in [7, 11) is 1.68. The van der Waals surface area contributed by atoms with Crippen LogP contribution >= 0.6 is 0 Å². The zero-order valence-electron chi connectivity index (χ0n) is 10.8. The molecule has 1 amide bonds. The van der Waals surface area contributed by atoms with E-state index in [9.17, 15) is 4.79 Å². The Labute approximate surface area is 98.6 Å². The van der Waals surface area contributed by atoms with Crippen molar-refractivity contribution in [3.05, 3.63) is 0 Å². The Morgan fingerprint density at radius 3 is 2.75 bits per heavy atom. The van der Waals surface area contributed by atoms with E-state index in [1.807, 2.05) is 0 Å². The van der Waals surface area contributed by atoms with Crippen molar-refractivity contribution in [2.24, 2.45) is 11.1 Å². The number of rotatable bonds is 4. The summed E-state index contributed by atoms with van der Waals surface area (Å²) in [5.41, 5.74) is 6.13. The fourth-order valence-corrected chi connectivity index (χ4v) is 2.46. The molecular formula is C12H25N3O. The summed E-state index contributed by atoms with van der Waals surface area (Å²) in [6, 6.07) is 0.194. The molecule has 16 heavy (non-hydrogen) atoms. The Morgan fingerprint density at radius 2 is 2.25 bits per heavy atom. The van der Waals surface area contributed by atoms with E-state index >= 15 is 0 Å². The van der Waals surface area contributed by atoms with E-state index in [-0.39, 0.29) is 11.9 Å². The first kappa shape index (κ1) is 13.5. The molecule has 94 valence electrons. The van der Waals surface area contributed by atoms with Crippen molar-refractivity contribution >= 4 is 5.91 Å². The Hall–Kier alpha value is -0.610. The molecule has 0 aliphatic carbocycles. The molecule has 4 heteroatoms. The van der Waals surface area contributed by atoms with Crippen molar-refractivity contribution in [3.8, 4) is 0 Å². The summed E-state index contributed by atoms with van der Waals surface area (Å²) in [6.07, 6.45) is 2.99. The number of amides is 1. The van der Waals surface area contributed by atoms with Gasteiger partial charge in [0, 0.05) is 32.6 Å². The molecule has 1 unspecified atom stereocenters. The van der Waals surface area contributed by atoms with Crippen LogP contribution < -0.4 is 11.1 Å². The van der Waals surface area contributed by atoms with Gasteiger partial charge in [-0.05, 0) is 24.8 Å². The lowest BCUT2D eigenvalue weighted by molar-refractivity contribution is -0.122. The first-order valence-electron chi connectivity index (χ1n) is 6.13. The van der Waals surface area contributed by atoms with Gasteiger partial charge in [0.05, 0.1) is 0 Å². The first-order chi connectivity index (χ1) is 7.48. The third-order valence-electron chi connectivity index (χ3n) is 3.42. The van der Waals surface area contributed by atoms with Crippen molar-refractivity contribution in [3.63, 3.8) is 0 Å². The zero-order valence-corrected chi connectivity index (χ0v) is 10.8. The molecule has 3 N–H and O–H groups in total. The van der Waals surface area contributed by atoms with Crippen LogP contribution in [-0.2, 0) is 4.79 Å². The number of nitrogens with two attached hydrogens (primary N) is 1. The van der Waals surface area contributed by atoms with Gasteiger partial charge in [0.25, 0.3) is 0 Å². The molecule has 0 saturated carbocycles. The number of nitrogens with zero attached hydrogens (tertiary/aromatic N) is 1. The smallest absolute Gasteiger partial charge is 0.221 e. The molecule has 0 spiro atoms. The Bertz CT molecular complexity index is 240. The van der Waals surface area contributed by atoms with Crippen LogP contribution in [0.5, 0.6) is 0 Å². The van der Waals surface area contributed by atoms with Gasteiger partial charge in [-0.25, -0.2) is 0 Å². The molecular weight excluding hydrogens is 202 g/mol.